The molecular formula is C19H26N2O4. The summed E-state index contributed by atoms with van der Waals surface area (Å²) in [5.41, 5.74) is 0.991. The summed E-state index contributed by atoms with van der Waals surface area (Å²) < 4.78 is 0. The van der Waals surface area contributed by atoms with Crippen LogP contribution in [0.1, 0.15) is 55.8 Å². The van der Waals surface area contributed by atoms with E-state index in [0.717, 1.165) is 0 Å². The van der Waals surface area contributed by atoms with Crippen molar-refractivity contribution in [2.24, 2.45) is 11.8 Å². The lowest BCUT2D eigenvalue weighted by Crippen LogP contribution is -2.29. The quantitative estimate of drug-likeness (QED) is 0.707. The molecule has 1 aliphatic carbocycles. The van der Waals surface area contributed by atoms with Crippen LogP contribution in [-0.4, -0.2) is 29.4 Å². The predicted octanol–water partition coefficient (Wildman–Crippen LogP) is 3.05. The van der Waals surface area contributed by atoms with E-state index in [-0.39, 0.29) is 5.91 Å². The summed E-state index contributed by atoms with van der Waals surface area (Å²) in [6.07, 6.45) is 6.78. The maximum atomic E-state index is 12.2. The maximum Gasteiger partial charge on any atom is 0.322 e. The number of rotatable bonds is 7. The maximum absolute atomic E-state index is 12.2. The SMILES string of the molecule is CC(CC(=O)Nc1ccc(C(=O)NCC(=O)O)cc1)C1CCCCC1. The number of hydrogen-bond acceptors (Lipinski definition) is 3. The van der Waals surface area contributed by atoms with E-state index < -0.39 is 18.4 Å². The van der Waals surface area contributed by atoms with Crippen LogP contribution >= 0.6 is 0 Å². The number of carbonyl (C=O) groups excluding carboxylic acids is 2. The van der Waals surface area contributed by atoms with Crippen molar-refractivity contribution in [3.63, 3.8) is 0 Å². The number of nitrogens with one attached hydrogen (secondary N) is 2. The van der Waals surface area contributed by atoms with Crippen molar-refractivity contribution >= 4 is 23.5 Å². The molecule has 0 heterocycles. The molecule has 3 N–H and O–H groups in total. The summed E-state index contributed by atoms with van der Waals surface area (Å²) in [6.45, 7) is 1.72. The van der Waals surface area contributed by atoms with Crippen LogP contribution in [0.15, 0.2) is 24.3 Å². The van der Waals surface area contributed by atoms with Crippen molar-refractivity contribution in [2.75, 3.05) is 11.9 Å². The molecule has 1 aromatic carbocycles. The Bertz CT molecular complexity index is 606. The number of aliphatic carboxylic acids is 1. The zero-order chi connectivity index (χ0) is 18.2. The van der Waals surface area contributed by atoms with Gasteiger partial charge in [-0.25, -0.2) is 0 Å². The van der Waals surface area contributed by atoms with E-state index >= 15 is 0 Å². The third-order valence-corrected chi connectivity index (χ3v) is 4.79. The Morgan fingerprint density at radius 1 is 1.12 bits per heavy atom. The number of benzene rings is 1. The fraction of sp³-hybridized carbons (Fsp3) is 0.526. The van der Waals surface area contributed by atoms with E-state index in [1.54, 1.807) is 24.3 Å². The molecule has 2 amide bonds. The third kappa shape index (κ3) is 6.21. The summed E-state index contributed by atoms with van der Waals surface area (Å²) >= 11 is 0. The predicted molar refractivity (Wildman–Crippen MR) is 95.4 cm³/mol. The molecule has 2 rings (SSSR count). The first-order chi connectivity index (χ1) is 12.0. The van der Waals surface area contributed by atoms with Crippen LogP contribution in [0.2, 0.25) is 0 Å². The molecule has 0 aliphatic heterocycles. The van der Waals surface area contributed by atoms with Crippen LogP contribution in [0.3, 0.4) is 0 Å². The van der Waals surface area contributed by atoms with Crippen LogP contribution in [0.5, 0.6) is 0 Å². The van der Waals surface area contributed by atoms with Gasteiger partial charge in [0.25, 0.3) is 5.91 Å². The summed E-state index contributed by atoms with van der Waals surface area (Å²) in [5.74, 6) is -0.544. The van der Waals surface area contributed by atoms with Crippen molar-refractivity contribution in [2.45, 2.75) is 45.4 Å². The smallest absolute Gasteiger partial charge is 0.322 e. The van der Waals surface area contributed by atoms with Gasteiger partial charge in [0.15, 0.2) is 0 Å². The zero-order valence-corrected chi connectivity index (χ0v) is 14.6. The Balaban J connectivity index is 1.82. The zero-order valence-electron chi connectivity index (χ0n) is 14.6. The van der Waals surface area contributed by atoms with Gasteiger partial charge in [-0.3, -0.25) is 14.4 Å². The minimum absolute atomic E-state index is 0.0128. The summed E-state index contributed by atoms with van der Waals surface area (Å²) in [5, 5.41) is 13.7. The lowest BCUT2D eigenvalue weighted by molar-refractivity contribution is -0.135. The van der Waals surface area contributed by atoms with Crippen molar-refractivity contribution in [1.82, 2.24) is 5.32 Å². The van der Waals surface area contributed by atoms with Crippen LogP contribution in [0.25, 0.3) is 0 Å². The molecule has 1 saturated carbocycles. The average Bonchev–Trinajstić information content (AvgIpc) is 2.61. The molecule has 136 valence electrons. The summed E-state index contributed by atoms with van der Waals surface area (Å²) in [4.78, 5) is 34.4. The Morgan fingerprint density at radius 3 is 2.36 bits per heavy atom. The highest BCUT2D eigenvalue weighted by Crippen LogP contribution is 2.31. The van der Waals surface area contributed by atoms with E-state index in [9.17, 15) is 14.4 Å². The topological polar surface area (TPSA) is 95.5 Å². The minimum Gasteiger partial charge on any atom is -0.480 e. The van der Waals surface area contributed by atoms with Gasteiger partial charge in [-0.2, -0.15) is 0 Å². The molecule has 0 bridgehead atoms. The van der Waals surface area contributed by atoms with Gasteiger partial charge in [0, 0.05) is 17.7 Å². The molecule has 1 aromatic rings. The first kappa shape index (κ1) is 19.0. The van der Waals surface area contributed by atoms with Gasteiger partial charge in [-0.15, -0.1) is 0 Å². The van der Waals surface area contributed by atoms with E-state index in [4.69, 9.17) is 5.11 Å². The number of hydrogen-bond donors (Lipinski definition) is 3. The molecule has 1 unspecified atom stereocenters. The first-order valence-corrected chi connectivity index (χ1v) is 8.85. The van der Waals surface area contributed by atoms with Crippen molar-refractivity contribution < 1.29 is 19.5 Å². The third-order valence-electron chi connectivity index (χ3n) is 4.79. The van der Waals surface area contributed by atoms with Gasteiger partial charge in [0.2, 0.25) is 5.91 Å². The number of carbonyl (C=O) groups is 3. The van der Waals surface area contributed by atoms with Crippen LogP contribution < -0.4 is 10.6 Å². The molecular weight excluding hydrogens is 320 g/mol. The fourth-order valence-corrected chi connectivity index (χ4v) is 3.34. The molecule has 25 heavy (non-hydrogen) atoms. The van der Waals surface area contributed by atoms with Gasteiger partial charge >= 0.3 is 5.97 Å². The van der Waals surface area contributed by atoms with E-state index in [0.29, 0.717) is 29.5 Å². The normalized spacial score (nSPS) is 16.0. The van der Waals surface area contributed by atoms with Gasteiger partial charge in [-0.1, -0.05) is 39.0 Å². The summed E-state index contributed by atoms with van der Waals surface area (Å²) in [6, 6.07) is 6.44. The lowest BCUT2D eigenvalue weighted by Gasteiger charge is -2.27. The number of amides is 2. The second-order valence-electron chi connectivity index (χ2n) is 6.78. The Hall–Kier alpha value is -2.37. The molecule has 0 radical (unpaired) electrons. The Morgan fingerprint density at radius 2 is 1.76 bits per heavy atom. The Labute approximate surface area is 148 Å². The molecule has 0 aromatic heterocycles. The molecule has 6 nitrogen and oxygen atoms in total. The molecule has 1 aliphatic rings. The fourth-order valence-electron chi connectivity index (χ4n) is 3.34. The monoisotopic (exact) mass is 346 g/mol. The highest BCUT2D eigenvalue weighted by Gasteiger charge is 2.22. The van der Waals surface area contributed by atoms with Crippen LogP contribution in [0.4, 0.5) is 5.69 Å². The van der Waals surface area contributed by atoms with Crippen molar-refractivity contribution in [1.29, 1.82) is 0 Å². The first-order valence-electron chi connectivity index (χ1n) is 8.85. The molecule has 0 spiro atoms. The average molecular weight is 346 g/mol. The Kier molecular flexibility index (Phi) is 6.98. The lowest BCUT2D eigenvalue weighted by atomic mass is 9.79. The van der Waals surface area contributed by atoms with Crippen LogP contribution in [-0.2, 0) is 9.59 Å². The standard InChI is InChI=1S/C19H26N2O4/c1-13(14-5-3-2-4-6-14)11-17(22)21-16-9-7-15(8-10-16)19(25)20-12-18(23)24/h7-10,13-14H,2-6,11-12H2,1H3,(H,20,25)(H,21,22)(H,23,24). The van der Waals surface area contributed by atoms with Crippen molar-refractivity contribution in [3.8, 4) is 0 Å². The molecule has 1 fully saturated rings. The highest BCUT2D eigenvalue weighted by atomic mass is 16.4. The van der Waals surface area contributed by atoms with Crippen LogP contribution in [0, 0.1) is 11.8 Å². The number of anilines is 1. The summed E-state index contributed by atoms with van der Waals surface area (Å²) in [7, 11) is 0. The van der Waals surface area contributed by atoms with Gasteiger partial charge in [0.1, 0.15) is 6.54 Å². The van der Waals surface area contributed by atoms with Gasteiger partial charge < -0.3 is 15.7 Å². The molecule has 0 saturated heterocycles. The largest absolute Gasteiger partial charge is 0.480 e. The van der Waals surface area contributed by atoms with Gasteiger partial charge in [0.05, 0.1) is 0 Å². The van der Waals surface area contributed by atoms with E-state index in [2.05, 4.69) is 17.6 Å². The second kappa shape index (κ2) is 9.20. The highest BCUT2D eigenvalue weighted by molar-refractivity contribution is 5.97. The molecule has 6 heteroatoms. The van der Waals surface area contributed by atoms with E-state index in [1.807, 2.05) is 0 Å². The number of carboxylic acids is 1. The number of carboxylic acid groups (broad SMARTS) is 1. The van der Waals surface area contributed by atoms with Crippen molar-refractivity contribution in [3.05, 3.63) is 29.8 Å². The minimum atomic E-state index is -1.09. The molecule has 1 atom stereocenters. The van der Waals surface area contributed by atoms with Gasteiger partial charge in [-0.05, 0) is 36.1 Å². The van der Waals surface area contributed by atoms with E-state index in [1.165, 1.54) is 32.1 Å². The second-order valence-corrected chi connectivity index (χ2v) is 6.78.